The van der Waals surface area contributed by atoms with E-state index in [9.17, 15) is 14.9 Å². The van der Waals surface area contributed by atoms with Gasteiger partial charge in [-0.15, -0.1) is 0 Å². The Hall–Kier alpha value is -3.00. The van der Waals surface area contributed by atoms with Crippen LogP contribution >= 0.6 is 0 Å². The van der Waals surface area contributed by atoms with Crippen molar-refractivity contribution >= 4 is 17.4 Å². The molecule has 0 aliphatic carbocycles. The first-order chi connectivity index (χ1) is 12.0. The van der Waals surface area contributed by atoms with Crippen LogP contribution in [-0.2, 0) is 6.54 Å². The van der Waals surface area contributed by atoms with Gasteiger partial charge in [-0.25, -0.2) is 4.79 Å². The lowest BCUT2D eigenvalue weighted by molar-refractivity contribution is -0.384. The van der Waals surface area contributed by atoms with Gasteiger partial charge in [0.2, 0.25) is 0 Å². The zero-order valence-corrected chi connectivity index (χ0v) is 14.3. The molecule has 0 atom stereocenters. The fourth-order valence-corrected chi connectivity index (χ4v) is 2.18. The quantitative estimate of drug-likeness (QED) is 0.616. The van der Waals surface area contributed by atoms with Gasteiger partial charge in [0, 0.05) is 49.8 Å². The molecule has 132 valence electrons. The summed E-state index contributed by atoms with van der Waals surface area (Å²) in [4.78, 5) is 30.7. The summed E-state index contributed by atoms with van der Waals surface area (Å²) in [6.45, 7) is 1.62. The van der Waals surface area contributed by atoms with Crippen molar-refractivity contribution in [2.75, 3.05) is 32.5 Å². The highest BCUT2D eigenvalue weighted by Gasteiger charge is 2.16. The number of pyridine rings is 1. The van der Waals surface area contributed by atoms with Crippen LogP contribution in [0.1, 0.15) is 5.56 Å². The normalized spacial score (nSPS) is 10.5. The molecular weight excluding hydrogens is 322 g/mol. The van der Waals surface area contributed by atoms with E-state index in [2.05, 4.69) is 10.3 Å². The van der Waals surface area contributed by atoms with Crippen LogP contribution in [0.5, 0.6) is 0 Å². The molecule has 2 rings (SSSR count). The van der Waals surface area contributed by atoms with Gasteiger partial charge < -0.3 is 15.1 Å². The summed E-state index contributed by atoms with van der Waals surface area (Å²) in [6.07, 6.45) is 3.39. The molecule has 25 heavy (non-hydrogen) atoms. The van der Waals surface area contributed by atoms with Crippen LogP contribution in [0.25, 0.3) is 0 Å². The second-order valence-corrected chi connectivity index (χ2v) is 5.82. The first-order valence-electron chi connectivity index (χ1n) is 7.79. The number of benzene rings is 1. The molecule has 2 amide bonds. The largest absolute Gasteiger partial charge is 0.322 e. The number of amides is 2. The van der Waals surface area contributed by atoms with Gasteiger partial charge in [0.1, 0.15) is 0 Å². The van der Waals surface area contributed by atoms with E-state index in [1.807, 2.05) is 31.1 Å². The number of urea groups is 1. The Morgan fingerprint density at radius 3 is 2.68 bits per heavy atom. The predicted octanol–water partition coefficient (Wildman–Crippen LogP) is 2.59. The van der Waals surface area contributed by atoms with Crippen molar-refractivity contribution in [2.24, 2.45) is 0 Å². The highest BCUT2D eigenvalue weighted by Crippen LogP contribution is 2.17. The molecule has 0 aliphatic heterocycles. The highest BCUT2D eigenvalue weighted by molar-refractivity contribution is 5.89. The predicted molar refractivity (Wildman–Crippen MR) is 95.3 cm³/mol. The SMILES string of the molecule is CN(C)CCN(Cc1cccnc1)C(=O)Nc1cccc([N+](=O)[O-])c1. The number of hydrogen-bond acceptors (Lipinski definition) is 5. The number of nitrogens with one attached hydrogen (secondary N) is 1. The average molecular weight is 343 g/mol. The first-order valence-corrected chi connectivity index (χ1v) is 7.79. The molecule has 0 bridgehead atoms. The Morgan fingerprint density at radius 1 is 1.24 bits per heavy atom. The topological polar surface area (TPSA) is 91.6 Å². The van der Waals surface area contributed by atoms with Crippen molar-refractivity contribution in [3.05, 3.63) is 64.5 Å². The summed E-state index contributed by atoms with van der Waals surface area (Å²) in [6, 6.07) is 9.29. The van der Waals surface area contributed by atoms with E-state index in [0.717, 1.165) is 5.56 Å². The maximum Gasteiger partial charge on any atom is 0.322 e. The maximum absolute atomic E-state index is 12.6. The molecule has 0 saturated carbocycles. The molecule has 0 aliphatic rings. The summed E-state index contributed by atoms with van der Waals surface area (Å²) in [5, 5.41) is 13.6. The number of carbonyl (C=O) groups excluding carboxylic acids is 1. The zero-order valence-electron chi connectivity index (χ0n) is 14.3. The van der Waals surface area contributed by atoms with Crippen LogP contribution in [-0.4, -0.2) is 52.9 Å². The minimum atomic E-state index is -0.491. The van der Waals surface area contributed by atoms with Gasteiger partial charge in [-0.1, -0.05) is 12.1 Å². The van der Waals surface area contributed by atoms with E-state index in [4.69, 9.17) is 0 Å². The first kappa shape index (κ1) is 18.3. The molecule has 8 heteroatoms. The molecule has 0 spiro atoms. The van der Waals surface area contributed by atoms with Gasteiger partial charge in [-0.2, -0.15) is 0 Å². The molecular formula is C17H21N5O3. The number of hydrogen-bond donors (Lipinski definition) is 1. The van der Waals surface area contributed by atoms with Crippen LogP contribution in [0, 0.1) is 10.1 Å². The number of nitro groups is 1. The van der Waals surface area contributed by atoms with Gasteiger partial charge in [0.05, 0.1) is 4.92 Å². The van der Waals surface area contributed by atoms with E-state index < -0.39 is 4.92 Å². The standard InChI is InChI=1S/C17H21N5O3/c1-20(2)9-10-21(13-14-5-4-8-18-12-14)17(23)19-15-6-3-7-16(11-15)22(24)25/h3-8,11-12H,9-10,13H2,1-2H3,(H,19,23). The number of rotatable bonds is 7. The zero-order chi connectivity index (χ0) is 18.2. The molecule has 2 aromatic rings. The van der Waals surface area contributed by atoms with Crippen molar-refractivity contribution in [2.45, 2.75) is 6.54 Å². The minimum absolute atomic E-state index is 0.0649. The third-order valence-electron chi connectivity index (χ3n) is 3.51. The van der Waals surface area contributed by atoms with Crippen LogP contribution in [0.4, 0.5) is 16.2 Å². The number of likely N-dealkylation sites (N-methyl/N-ethyl adjacent to an activating group) is 1. The van der Waals surface area contributed by atoms with E-state index in [1.165, 1.54) is 12.1 Å². The number of carbonyl (C=O) groups is 1. The fraction of sp³-hybridized carbons (Fsp3) is 0.294. The molecule has 0 fully saturated rings. The minimum Gasteiger partial charge on any atom is -0.319 e. The van der Waals surface area contributed by atoms with Crippen molar-refractivity contribution < 1.29 is 9.72 Å². The number of nitrogens with zero attached hydrogens (tertiary/aromatic N) is 4. The summed E-state index contributed by atoms with van der Waals surface area (Å²) >= 11 is 0. The van der Waals surface area contributed by atoms with E-state index >= 15 is 0 Å². The van der Waals surface area contributed by atoms with Crippen LogP contribution in [0.3, 0.4) is 0 Å². The summed E-state index contributed by atoms with van der Waals surface area (Å²) < 4.78 is 0. The van der Waals surface area contributed by atoms with Gasteiger partial charge in [-0.3, -0.25) is 15.1 Å². The molecule has 0 unspecified atom stereocenters. The smallest absolute Gasteiger partial charge is 0.319 e. The summed E-state index contributed by atoms with van der Waals surface area (Å²) in [5.74, 6) is 0. The third-order valence-corrected chi connectivity index (χ3v) is 3.51. The summed E-state index contributed by atoms with van der Waals surface area (Å²) in [5.41, 5.74) is 1.24. The number of non-ortho nitro benzene ring substituents is 1. The summed E-state index contributed by atoms with van der Waals surface area (Å²) in [7, 11) is 3.86. The van der Waals surface area contributed by atoms with Gasteiger partial charge in [0.25, 0.3) is 5.69 Å². The van der Waals surface area contributed by atoms with Crippen molar-refractivity contribution in [3.63, 3.8) is 0 Å². The Bertz CT molecular complexity index is 721. The van der Waals surface area contributed by atoms with Gasteiger partial charge in [0.15, 0.2) is 0 Å². The number of nitro benzene ring substituents is 1. The molecule has 8 nitrogen and oxygen atoms in total. The van der Waals surface area contributed by atoms with Crippen LogP contribution in [0.2, 0.25) is 0 Å². The van der Waals surface area contributed by atoms with Crippen molar-refractivity contribution in [3.8, 4) is 0 Å². The molecule has 0 radical (unpaired) electrons. The van der Waals surface area contributed by atoms with Gasteiger partial charge >= 0.3 is 6.03 Å². The molecule has 1 heterocycles. The lowest BCUT2D eigenvalue weighted by atomic mass is 10.2. The van der Waals surface area contributed by atoms with Crippen molar-refractivity contribution in [1.29, 1.82) is 0 Å². The second kappa shape index (κ2) is 8.74. The van der Waals surface area contributed by atoms with Crippen LogP contribution in [0.15, 0.2) is 48.8 Å². The molecule has 0 saturated heterocycles. The third kappa shape index (κ3) is 5.85. The number of aromatic nitrogens is 1. The molecule has 1 N–H and O–H groups in total. The van der Waals surface area contributed by atoms with Crippen LogP contribution < -0.4 is 5.32 Å². The Kier molecular flexibility index (Phi) is 6.41. The lowest BCUT2D eigenvalue weighted by Gasteiger charge is -2.24. The Labute approximate surface area is 146 Å². The average Bonchev–Trinajstić information content (AvgIpc) is 2.59. The second-order valence-electron chi connectivity index (χ2n) is 5.82. The maximum atomic E-state index is 12.6. The molecule has 1 aromatic heterocycles. The Balaban J connectivity index is 2.11. The van der Waals surface area contributed by atoms with E-state index in [-0.39, 0.29) is 11.7 Å². The Morgan fingerprint density at radius 2 is 2.04 bits per heavy atom. The molecule has 1 aromatic carbocycles. The monoisotopic (exact) mass is 343 g/mol. The van der Waals surface area contributed by atoms with E-state index in [1.54, 1.807) is 29.4 Å². The fourth-order valence-electron chi connectivity index (χ4n) is 2.18. The van der Waals surface area contributed by atoms with Crippen molar-refractivity contribution in [1.82, 2.24) is 14.8 Å². The van der Waals surface area contributed by atoms with E-state index in [0.29, 0.717) is 25.3 Å². The highest BCUT2D eigenvalue weighted by atomic mass is 16.6. The number of anilines is 1. The van der Waals surface area contributed by atoms with Gasteiger partial charge in [-0.05, 0) is 31.8 Å². The lowest BCUT2D eigenvalue weighted by Crippen LogP contribution is -2.39.